The zero-order chi connectivity index (χ0) is 16.0. The average Bonchev–Trinajstić information content (AvgIpc) is 2.96. The summed E-state index contributed by atoms with van der Waals surface area (Å²) < 4.78 is 5.90. The Balaban J connectivity index is 1.80. The van der Waals surface area contributed by atoms with Crippen LogP contribution in [0.1, 0.15) is 24.1 Å². The lowest BCUT2D eigenvalue weighted by molar-refractivity contribution is -0.131. The van der Waals surface area contributed by atoms with Gasteiger partial charge >= 0.3 is 0 Å². The van der Waals surface area contributed by atoms with Gasteiger partial charge in [-0.1, -0.05) is 35.9 Å². The highest BCUT2D eigenvalue weighted by molar-refractivity contribution is 6.30. The van der Waals surface area contributed by atoms with Crippen molar-refractivity contribution in [2.24, 2.45) is 11.0 Å². The molecule has 0 fully saturated rings. The average molecular weight is 327 g/mol. The molecule has 23 heavy (non-hydrogen) atoms. The number of carbonyl (C=O) groups is 1. The Kier molecular flexibility index (Phi) is 3.34. The van der Waals surface area contributed by atoms with E-state index in [2.05, 4.69) is 5.10 Å². The standard InChI is InChI=1S/C18H15ClN2O2/c1-11(22)21-18(12-6-8-13(19)9-7-12)15-10-23-16-5-3-2-4-14(16)17(15)20-21/h2-9,15,18H,10H2,1H3. The minimum Gasteiger partial charge on any atom is -0.492 e. The van der Waals surface area contributed by atoms with E-state index in [9.17, 15) is 4.79 Å². The van der Waals surface area contributed by atoms with Gasteiger partial charge in [0.25, 0.3) is 0 Å². The predicted molar refractivity (Wildman–Crippen MR) is 88.7 cm³/mol. The molecule has 2 aliphatic heterocycles. The maximum atomic E-state index is 12.1. The number of para-hydroxylation sites is 1. The summed E-state index contributed by atoms with van der Waals surface area (Å²) in [6, 6.07) is 15.2. The van der Waals surface area contributed by atoms with Gasteiger partial charge in [0.05, 0.1) is 24.3 Å². The largest absolute Gasteiger partial charge is 0.492 e. The maximum Gasteiger partial charge on any atom is 0.240 e. The second kappa shape index (κ2) is 5.39. The molecular formula is C18H15ClN2O2. The third kappa shape index (κ3) is 2.30. The second-order valence-electron chi connectivity index (χ2n) is 5.76. The first kappa shape index (κ1) is 14.3. The number of rotatable bonds is 1. The molecule has 0 spiro atoms. The third-order valence-electron chi connectivity index (χ3n) is 4.33. The van der Waals surface area contributed by atoms with Gasteiger partial charge < -0.3 is 4.74 Å². The van der Waals surface area contributed by atoms with E-state index < -0.39 is 0 Å². The number of halogens is 1. The summed E-state index contributed by atoms with van der Waals surface area (Å²) in [6.45, 7) is 2.05. The van der Waals surface area contributed by atoms with Crippen molar-refractivity contribution in [2.45, 2.75) is 13.0 Å². The van der Waals surface area contributed by atoms with Gasteiger partial charge in [-0.2, -0.15) is 5.10 Å². The Morgan fingerprint density at radius 2 is 1.96 bits per heavy atom. The van der Waals surface area contributed by atoms with Crippen molar-refractivity contribution in [3.05, 3.63) is 64.7 Å². The van der Waals surface area contributed by atoms with E-state index >= 15 is 0 Å². The Morgan fingerprint density at radius 3 is 2.70 bits per heavy atom. The minimum absolute atomic E-state index is 0.0231. The second-order valence-corrected chi connectivity index (χ2v) is 6.20. The fourth-order valence-electron chi connectivity index (χ4n) is 3.28. The van der Waals surface area contributed by atoms with Crippen molar-refractivity contribution in [2.75, 3.05) is 6.61 Å². The molecule has 4 nitrogen and oxygen atoms in total. The highest BCUT2D eigenvalue weighted by atomic mass is 35.5. The zero-order valence-corrected chi connectivity index (χ0v) is 13.3. The van der Waals surface area contributed by atoms with E-state index in [4.69, 9.17) is 16.3 Å². The smallest absolute Gasteiger partial charge is 0.240 e. The van der Waals surface area contributed by atoms with Gasteiger partial charge in [0.2, 0.25) is 5.91 Å². The van der Waals surface area contributed by atoms with Crippen LogP contribution in [0.3, 0.4) is 0 Å². The van der Waals surface area contributed by atoms with Crippen LogP contribution >= 0.6 is 11.6 Å². The number of ether oxygens (including phenoxy) is 1. The summed E-state index contributed by atoms with van der Waals surface area (Å²) in [4.78, 5) is 12.1. The molecule has 0 N–H and O–H groups in total. The molecule has 2 atom stereocenters. The number of hydrogen-bond donors (Lipinski definition) is 0. The van der Waals surface area contributed by atoms with Gasteiger partial charge in [0.1, 0.15) is 5.75 Å². The molecule has 2 aromatic carbocycles. The summed E-state index contributed by atoms with van der Waals surface area (Å²) in [5.74, 6) is 0.766. The van der Waals surface area contributed by atoms with E-state index in [0.29, 0.717) is 11.6 Å². The van der Waals surface area contributed by atoms with Crippen LogP contribution in [0.25, 0.3) is 0 Å². The van der Waals surface area contributed by atoms with Gasteiger partial charge in [-0.05, 0) is 29.8 Å². The highest BCUT2D eigenvalue weighted by Crippen LogP contribution is 2.42. The van der Waals surface area contributed by atoms with Gasteiger partial charge in [-0.3, -0.25) is 4.79 Å². The summed E-state index contributed by atoms with van der Waals surface area (Å²) in [7, 11) is 0. The first-order valence-electron chi connectivity index (χ1n) is 7.51. The number of benzene rings is 2. The van der Waals surface area contributed by atoms with Gasteiger partial charge in [-0.15, -0.1) is 0 Å². The van der Waals surface area contributed by atoms with Gasteiger partial charge in [0, 0.05) is 17.5 Å². The first-order chi connectivity index (χ1) is 11.1. The molecule has 5 heteroatoms. The molecule has 116 valence electrons. The van der Waals surface area contributed by atoms with Crippen LogP contribution in [0, 0.1) is 5.92 Å². The number of carbonyl (C=O) groups excluding carboxylic acids is 1. The number of nitrogens with zero attached hydrogens (tertiary/aromatic N) is 2. The summed E-state index contributed by atoms with van der Waals surface area (Å²) in [5, 5.41) is 6.86. The molecule has 0 saturated heterocycles. The van der Waals surface area contributed by atoms with Crippen molar-refractivity contribution in [1.82, 2.24) is 5.01 Å². The van der Waals surface area contributed by atoms with E-state index in [-0.39, 0.29) is 17.9 Å². The molecular weight excluding hydrogens is 312 g/mol. The monoisotopic (exact) mass is 326 g/mol. The van der Waals surface area contributed by atoms with E-state index in [1.807, 2.05) is 48.5 Å². The molecule has 1 amide bonds. The Hall–Kier alpha value is -2.33. The minimum atomic E-state index is -0.159. The summed E-state index contributed by atoms with van der Waals surface area (Å²) in [5.41, 5.74) is 2.89. The zero-order valence-electron chi connectivity index (χ0n) is 12.6. The molecule has 0 aliphatic carbocycles. The Morgan fingerprint density at radius 1 is 1.22 bits per heavy atom. The fraction of sp³-hybridized carbons (Fsp3) is 0.222. The van der Waals surface area contributed by atoms with Crippen molar-refractivity contribution >= 4 is 23.2 Å². The van der Waals surface area contributed by atoms with E-state index in [1.54, 1.807) is 5.01 Å². The molecule has 0 saturated carbocycles. The molecule has 2 aliphatic rings. The lowest BCUT2D eigenvalue weighted by atomic mass is 9.86. The number of fused-ring (bicyclic) bond motifs is 3. The Bertz CT molecular complexity index is 801. The van der Waals surface area contributed by atoms with Crippen LogP contribution in [0.2, 0.25) is 5.02 Å². The molecule has 2 unspecified atom stereocenters. The molecule has 0 radical (unpaired) electrons. The molecule has 2 heterocycles. The topological polar surface area (TPSA) is 41.9 Å². The van der Waals surface area contributed by atoms with Crippen LogP contribution in [0.4, 0.5) is 0 Å². The molecule has 2 aromatic rings. The maximum absolute atomic E-state index is 12.1. The van der Waals surface area contributed by atoms with Crippen LogP contribution in [0.15, 0.2) is 53.6 Å². The van der Waals surface area contributed by atoms with Crippen LogP contribution in [-0.4, -0.2) is 23.2 Å². The van der Waals surface area contributed by atoms with Crippen LogP contribution in [-0.2, 0) is 4.79 Å². The van der Waals surface area contributed by atoms with Gasteiger partial charge in [0.15, 0.2) is 0 Å². The van der Waals surface area contributed by atoms with Crippen molar-refractivity contribution in [3.8, 4) is 5.75 Å². The summed E-state index contributed by atoms with van der Waals surface area (Å²) >= 11 is 5.99. The van der Waals surface area contributed by atoms with E-state index in [0.717, 1.165) is 22.6 Å². The van der Waals surface area contributed by atoms with Crippen LogP contribution < -0.4 is 4.74 Å². The van der Waals surface area contributed by atoms with Crippen molar-refractivity contribution < 1.29 is 9.53 Å². The molecule has 0 bridgehead atoms. The normalized spacial score (nSPS) is 22.0. The molecule has 0 aromatic heterocycles. The third-order valence-corrected chi connectivity index (χ3v) is 4.58. The van der Waals surface area contributed by atoms with Crippen molar-refractivity contribution in [1.29, 1.82) is 0 Å². The van der Waals surface area contributed by atoms with E-state index in [1.165, 1.54) is 6.92 Å². The van der Waals surface area contributed by atoms with Gasteiger partial charge in [-0.25, -0.2) is 5.01 Å². The highest BCUT2D eigenvalue weighted by Gasteiger charge is 2.43. The first-order valence-corrected chi connectivity index (χ1v) is 7.89. The van der Waals surface area contributed by atoms with Crippen molar-refractivity contribution in [3.63, 3.8) is 0 Å². The number of amides is 1. The fourth-order valence-corrected chi connectivity index (χ4v) is 3.41. The predicted octanol–water partition coefficient (Wildman–Crippen LogP) is 3.66. The van der Waals surface area contributed by atoms with Crippen LogP contribution in [0.5, 0.6) is 5.75 Å². The summed E-state index contributed by atoms with van der Waals surface area (Å²) in [6.07, 6.45) is 0. The lowest BCUT2D eigenvalue weighted by Crippen LogP contribution is -2.34. The molecule has 4 rings (SSSR count). The quantitative estimate of drug-likeness (QED) is 0.802. The number of hydrogen-bond acceptors (Lipinski definition) is 3. The Labute approximate surface area is 139 Å². The number of hydrazone groups is 1. The lowest BCUT2D eigenvalue weighted by Gasteiger charge is -2.29. The SMILES string of the molecule is CC(=O)N1N=C2c3ccccc3OCC2C1c1ccc(Cl)cc1.